The first-order valence-electron chi connectivity index (χ1n) is 5.30. The van der Waals surface area contributed by atoms with Gasteiger partial charge in [0.25, 0.3) is 0 Å². The van der Waals surface area contributed by atoms with E-state index in [1.54, 1.807) is 12.2 Å². The van der Waals surface area contributed by atoms with Crippen LogP contribution in [0.4, 0.5) is 13.2 Å². The maximum atomic E-state index is 11.8. The molecular weight excluding hydrogens is 273 g/mol. The summed E-state index contributed by atoms with van der Waals surface area (Å²) < 4.78 is 58.0. The average molecular weight is 288 g/mol. The molecule has 1 fully saturated rings. The number of sulfone groups is 1. The topological polar surface area (TPSA) is 75.3 Å². The van der Waals surface area contributed by atoms with Crippen LogP contribution in [0, 0.1) is 0 Å². The Morgan fingerprint density at radius 1 is 1.39 bits per heavy atom. The molecule has 1 atom stereocenters. The zero-order chi connectivity index (χ0) is 14.0. The molecule has 1 heterocycles. The molecule has 1 saturated heterocycles. The predicted molar refractivity (Wildman–Crippen MR) is 58.7 cm³/mol. The standard InChI is InChI=1S/C9H15F3N2O3S/c1-8(2-3-18(16,17)6-8)14-4-7(15)13-5-9(10,11)12/h14H,2-6H2,1H3,(H,13,15). The van der Waals surface area contributed by atoms with E-state index in [4.69, 9.17) is 0 Å². The van der Waals surface area contributed by atoms with E-state index in [9.17, 15) is 26.4 Å². The van der Waals surface area contributed by atoms with Crippen molar-refractivity contribution in [3.8, 4) is 0 Å². The lowest BCUT2D eigenvalue weighted by atomic mass is 10.0. The minimum Gasteiger partial charge on any atom is -0.346 e. The summed E-state index contributed by atoms with van der Waals surface area (Å²) in [6.45, 7) is -0.0841. The Hall–Kier alpha value is -0.830. The summed E-state index contributed by atoms with van der Waals surface area (Å²) in [5.41, 5.74) is -0.742. The van der Waals surface area contributed by atoms with Gasteiger partial charge >= 0.3 is 6.18 Å². The van der Waals surface area contributed by atoms with Gasteiger partial charge in [0.05, 0.1) is 18.1 Å². The summed E-state index contributed by atoms with van der Waals surface area (Å²) in [5, 5.41) is 4.40. The van der Waals surface area contributed by atoms with E-state index in [0.717, 1.165) is 0 Å². The highest BCUT2D eigenvalue weighted by Crippen LogP contribution is 2.22. The minimum absolute atomic E-state index is 0.0284. The fraction of sp³-hybridized carbons (Fsp3) is 0.889. The third kappa shape index (κ3) is 5.21. The summed E-state index contributed by atoms with van der Waals surface area (Å²) in [5.74, 6) is -0.884. The van der Waals surface area contributed by atoms with Crippen LogP contribution >= 0.6 is 0 Å². The molecule has 1 aliphatic rings. The molecule has 5 nitrogen and oxygen atoms in total. The molecule has 0 aliphatic carbocycles. The van der Waals surface area contributed by atoms with Crippen LogP contribution in [-0.4, -0.2) is 50.6 Å². The van der Waals surface area contributed by atoms with Crippen LogP contribution in [0.5, 0.6) is 0 Å². The first kappa shape index (κ1) is 15.2. The van der Waals surface area contributed by atoms with E-state index in [1.165, 1.54) is 0 Å². The lowest BCUT2D eigenvalue weighted by Crippen LogP contribution is -2.49. The molecule has 18 heavy (non-hydrogen) atoms. The highest BCUT2D eigenvalue weighted by Gasteiger charge is 2.38. The number of carbonyl (C=O) groups excluding carboxylic acids is 1. The third-order valence-corrected chi connectivity index (χ3v) is 4.57. The Bertz CT molecular complexity index is 421. The summed E-state index contributed by atoms with van der Waals surface area (Å²) >= 11 is 0. The van der Waals surface area contributed by atoms with E-state index in [-0.39, 0.29) is 18.1 Å². The number of hydrogen-bond donors (Lipinski definition) is 2. The van der Waals surface area contributed by atoms with Crippen molar-refractivity contribution >= 4 is 15.7 Å². The van der Waals surface area contributed by atoms with Crippen molar-refractivity contribution in [1.29, 1.82) is 0 Å². The Kier molecular flexibility index (Phi) is 4.26. The van der Waals surface area contributed by atoms with Crippen LogP contribution in [0.25, 0.3) is 0 Å². The van der Waals surface area contributed by atoms with Gasteiger partial charge in [-0.15, -0.1) is 0 Å². The Morgan fingerprint density at radius 3 is 2.44 bits per heavy atom. The molecule has 1 rings (SSSR count). The number of halogens is 3. The van der Waals surface area contributed by atoms with Gasteiger partial charge in [0, 0.05) is 5.54 Å². The number of alkyl halides is 3. The van der Waals surface area contributed by atoms with Gasteiger partial charge < -0.3 is 10.6 Å². The fourth-order valence-electron chi connectivity index (χ4n) is 1.70. The van der Waals surface area contributed by atoms with Gasteiger partial charge in [0.1, 0.15) is 6.54 Å². The number of carbonyl (C=O) groups is 1. The van der Waals surface area contributed by atoms with Crippen LogP contribution in [0.15, 0.2) is 0 Å². The van der Waals surface area contributed by atoms with Gasteiger partial charge in [0.2, 0.25) is 5.91 Å². The van der Waals surface area contributed by atoms with Crippen molar-refractivity contribution < 1.29 is 26.4 Å². The summed E-state index contributed by atoms with van der Waals surface area (Å²) in [6.07, 6.45) is -4.10. The van der Waals surface area contributed by atoms with E-state index < -0.39 is 34.0 Å². The quantitative estimate of drug-likeness (QED) is 0.753. The van der Waals surface area contributed by atoms with E-state index in [1.807, 2.05) is 0 Å². The van der Waals surface area contributed by atoms with Crippen molar-refractivity contribution in [2.45, 2.75) is 25.1 Å². The van der Waals surface area contributed by atoms with E-state index in [0.29, 0.717) is 6.42 Å². The molecule has 0 bridgehead atoms. The van der Waals surface area contributed by atoms with Crippen molar-refractivity contribution in [3.63, 3.8) is 0 Å². The molecule has 2 N–H and O–H groups in total. The first-order valence-corrected chi connectivity index (χ1v) is 7.12. The summed E-state index contributed by atoms with van der Waals surface area (Å²) in [7, 11) is -3.11. The van der Waals surface area contributed by atoms with E-state index >= 15 is 0 Å². The molecule has 1 unspecified atom stereocenters. The zero-order valence-electron chi connectivity index (χ0n) is 9.80. The predicted octanol–water partition coefficient (Wildman–Crippen LogP) is -0.168. The van der Waals surface area contributed by atoms with Crippen molar-refractivity contribution in [1.82, 2.24) is 10.6 Å². The maximum absolute atomic E-state index is 11.8. The Balaban J connectivity index is 2.35. The minimum atomic E-state index is -4.45. The van der Waals surface area contributed by atoms with Gasteiger partial charge in [0.15, 0.2) is 9.84 Å². The average Bonchev–Trinajstić information content (AvgIpc) is 2.47. The summed E-state index contributed by atoms with van der Waals surface area (Å²) in [6, 6.07) is 0. The second-order valence-corrected chi connectivity index (χ2v) is 6.83. The fourth-order valence-corrected chi connectivity index (χ4v) is 3.83. The van der Waals surface area contributed by atoms with Gasteiger partial charge in [-0.05, 0) is 13.3 Å². The largest absolute Gasteiger partial charge is 0.405 e. The SMILES string of the molecule is CC1(NCC(=O)NCC(F)(F)F)CCS(=O)(=O)C1. The van der Waals surface area contributed by atoms with Crippen LogP contribution in [0.1, 0.15) is 13.3 Å². The van der Waals surface area contributed by atoms with Crippen LogP contribution in [0.2, 0.25) is 0 Å². The zero-order valence-corrected chi connectivity index (χ0v) is 10.6. The van der Waals surface area contributed by atoms with Crippen molar-refractivity contribution in [3.05, 3.63) is 0 Å². The van der Waals surface area contributed by atoms with Gasteiger partial charge in [-0.1, -0.05) is 0 Å². The number of nitrogens with one attached hydrogen (secondary N) is 2. The monoisotopic (exact) mass is 288 g/mol. The van der Waals surface area contributed by atoms with Crippen LogP contribution < -0.4 is 10.6 Å². The highest BCUT2D eigenvalue weighted by atomic mass is 32.2. The Labute approximate surface area is 103 Å². The molecule has 0 spiro atoms. The first-order chi connectivity index (χ1) is 8.02. The number of rotatable bonds is 4. The molecule has 9 heteroatoms. The molecular formula is C9H15F3N2O3S. The number of amides is 1. The lowest BCUT2D eigenvalue weighted by molar-refractivity contribution is -0.138. The van der Waals surface area contributed by atoms with Crippen molar-refractivity contribution in [2.24, 2.45) is 0 Å². The number of hydrogen-bond acceptors (Lipinski definition) is 4. The Morgan fingerprint density at radius 2 is 2.00 bits per heavy atom. The molecule has 0 radical (unpaired) electrons. The molecule has 1 amide bonds. The third-order valence-electron chi connectivity index (χ3n) is 2.67. The molecule has 0 saturated carbocycles. The van der Waals surface area contributed by atoms with Crippen molar-refractivity contribution in [2.75, 3.05) is 24.6 Å². The lowest BCUT2D eigenvalue weighted by Gasteiger charge is -2.23. The van der Waals surface area contributed by atoms with E-state index in [2.05, 4.69) is 5.32 Å². The molecule has 0 aromatic rings. The normalized spacial score (nSPS) is 27.1. The summed E-state index contributed by atoms with van der Waals surface area (Å²) in [4.78, 5) is 11.1. The van der Waals surface area contributed by atoms with Gasteiger partial charge in [-0.2, -0.15) is 13.2 Å². The van der Waals surface area contributed by atoms with Gasteiger partial charge in [-0.3, -0.25) is 4.79 Å². The second-order valence-electron chi connectivity index (χ2n) is 4.65. The molecule has 0 aromatic carbocycles. The molecule has 0 aromatic heterocycles. The molecule has 106 valence electrons. The highest BCUT2D eigenvalue weighted by molar-refractivity contribution is 7.91. The second kappa shape index (κ2) is 5.04. The maximum Gasteiger partial charge on any atom is 0.405 e. The smallest absolute Gasteiger partial charge is 0.346 e. The van der Waals surface area contributed by atoms with Gasteiger partial charge in [-0.25, -0.2) is 8.42 Å². The van der Waals surface area contributed by atoms with Crippen LogP contribution in [0.3, 0.4) is 0 Å². The molecule has 1 aliphatic heterocycles. The van der Waals surface area contributed by atoms with Crippen LogP contribution in [-0.2, 0) is 14.6 Å².